The highest BCUT2D eigenvalue weighted by Crippen LogP contribution is 2.21. The van der Waals surface area contributed by atoms with E-state index in [0.29, 0.717) is 13.0 Å². The summed E-state index contributed by atoms with van der Waals surface area (Å²) >= 11 is 0. The average molecular weight is 496 g/mol. The Labute approximate surface area is 183 Å². The van der Waals surface area contributed by atoms with Crippen LogP contribution in [0.4, 0.5) is 5.69 Å². The molecule has 2 N–H and O–H groups in total. The Balaban J connectivity index is 0.00000280. The van der Waals surface area contributed by atoms with E-state index in [1.807, 2.05) is 34.0 Å². The van der Waals surface area contributed by atoms with E-state index in [1.54, 1.807) is 13.2 Å². The fourth-order valence-electron chi connectivity index (χ4n) is 3.16. The first-order valence-corrected chi connectivity index (χ1v) is 9.57. The van der Waals surface area contributed by atoms with Crippen LogP contribution in [0.25, 0.3) is 0 Å². The standard InChI is InChI=1S/C20H28N6O.HI/c1-21-20(22-11-4-13-25-14-5-12-24-25)23-16-17-7-9-18(10-8-17)26-15-3-2-6-19(26)27;/h5,7-10,12,14H,2-4,6,11,13,15-16H2,1H3,(H2,21,22,23);1H. The zero-order valence-corrected chi connectivity index (χ0v) is 18.6. The van der Waals surface area contributed by atoms with E-state index >= 15 is 0 Å². The third-order valence-corrected chi connectivity index (χ3v) is 4.67. The number of hydrogen-bond donors (Lipinski definition) is 2. The van der Waals surface area contributed by atoms with Crippen molar-refractivity contribution < 1.29 is 4.79 Å². The number of nitrogens with one attached hydrogen (secondary N) is 2. The van der Waals surface area contributed by atoms with Crippen molar-refractivity contribution in [3.8, 4) is 0 Å². The molecule has 0 saturated carbocycles. The molecule has 0 spiro atoms. The van der Waals surface area contributed by atoms with Crippen LogP contribution in [0.3, 0.4) is 0 Å². The summed E-state index contributed by atoms with van der Waals surface area (Å²) in [7, 11) is 1.77. The predicted octanol–water partition coefficient (Wildman–Crippen LogP) is 2.77. The van der Waals surface area contributed by atoms with Gasteiger partial charge < -0.3 is 15.5 Å². The van der Waals surface area contributed by atoms with Crippen molar-refractivity contribution in [2.45, 2.75) is 38.8 Å². The van der Waals surface area contributed by atoms with Gasteiger partial charge >= 0.3 is 0 Å². The van der Waals surface area contributed by atoms with Gasteiger partial charge in [-0.2, -0.15) is 5.10 Å². The number of guanidine groups is 1. The predicted molar refractivity (Wildman–Crippen MR) is 123 cm³/mol. The molecule has 1 aliphatic heterocycles. The molecule has 0 radical (unpaired) electrons. The summed E-state index contributed by atoms with van der Waals surface area (Å²) in [5.41, 5.74) is 2.15. The summed E-state index contributed by atoms with van der Waals surface area (Å²) in [6.07, 6.45) is 7.48. The minimum atomic E-state index is 0. The van der Waals surface area contributed by atoms with Crippen LogP contribution < -0.4 is 15.5 Å². The molecule has 3 rings (SSSR count). The van der Waals surface area contributed by atoms with Gasteiger partial charge in [0.05, 0.1) is 0 Å². The van der Waals surface area contributed by atoms with Gasteiger partial charge in [-0.05, 0) is 43.0 Å². The molecule has 1 aromatic carbocycles. The normalized spacial score (nSPS) is 14.5. The molecular weight excluding hydrogens is 467 g/mol. The van der Waals surface area contributed by atoms with Crippen molar-refractivity contribution in [1.82, 2.24) is 20.4 Å². The van der Waals surface area contributed by atoms with Crippen LogP contribution in [0.1, 0.15) is 31.2 Å². The van der Waals surface area contributed by atoms with E-state index in [-0.39, 0.29) is 29.9 Å². The molecule has 1 saturated heterocycles. The number of benzene rings is 1. The highest BCUT2D eigenvalue weighted by molar-refractivity contribution is 14.0. The number of anilines is 1. The van der Waals surface area contributed by atoms with Crippen LogP contribution in [0.2, 0.25) is 0 Å². The summed E-state index contributed by atoms with van der Waals surface area (Å²) in [4.78, 5) is 18.2. The highest BCUT2D eigenvalue weighted by atomic mass is 127. The van der Waals surface area contributed by atoms with Gasteiger partial charge in [0.1, 0.15) is 0 Å². The maximum Gasteiger partial charge on any atom is 0.226 e. The number of halogens is 1. The molecular formula is C20H29IN6O. The molecule has 152 valence electrons. The van der Waals surface area contributed by atoms with Crippen molar-refractivity contribution in [2.75, 3.05) is 25.0 Å². The van der Waals surface area contributed by atoms with Crippen LogP contribution in [0.5, 0.6) is 0 Å². The van der Waals surface area contributed by atoms with Gasteiger partial charge in [0, 0.05) is 57.7 Å². The van der Waals surface area contributed by atoms with Crippen molar-refractivity contribution in [1.29, 1.82) is 0 Å². The lowest BCUT2D eigenvalue weighted by Crippen LogP contribution is -2.37. The minimum absolute atomic E-state index is 0. The van der Waals surface area contributed by atoms with Gasteiger partial charge in [0.25, 0.3) is 0 Å². The molecule has 28 heavy (non-hydrogen) atoms. The summed E-state index contributed by atoms with van der Waals surface area (Å²) in [6.45, 7) is 3.22. The third-order valence-electron chi connectivity index (χ3n) is 4.67. The van der Waals surface area contributed by atoms with Crippen LogP contribution >= 0.6 is 24.0 Å². The van der Waals surface area contributed by atoms with Crippen molar-refractivity contribution in [3.05, 3.63) is 48.3 Å². The topological polar surface area (TPSA) is 74.6 Å². The zero-order chi connectivity index (χ0) is 18.9. The molecule has 1 aliphatic rings. The molecule has 0 unspecified atom stereocenters. The Morgan fingerprint density at radius 3 is 2.71 bits per heavy atom. The number of hydrogen-bond acceptors (Lipinski definition) is 3. The number of amides is 1. The largest absolute Gasteiger partial charge is 0.356 e. The number of aliphatic imine (C=N–C) groups is 1. The molecule has 0 atom stereocenters. The van der Waals surface area contributed by atoms with E-state index in [4.69, 9.17) is 0 Å². The smallest absolute Gasteiger partial charge is 0.226 e. The van der Waals surface area contributed by atoms with Crippen LogP contribution in [-0.2, 0) is 17.9 Å². The average Bonchev–Trinajstić information content (AvgIpc) is 3.22. The van der Waals surface area contributed by atoms with Crippen molar-refractivity contribution in [3.63, 3.8) is 0 Å². The van der Waals surface area contributed by atoms with Gasteiger partial charge in [-0.1, -0.05) is 12.1 Å². The summed E-state index contributed by atoms with van der Waals surface area (Å²) in [6, 6.07) is 10.1. The van der Waals surface area contributed by atoms with E-state index in [9.17, 15) is 4.79 Å². The van der Waals surface area contributed by atoms with Gasteiger partial charge in [-0.15, -0.1) is 24.0 Å². The molecule has 0 aliphatic carbocycles. The number of aryl methyl sites for hydroxylation is 1. The number of nitrogens with zero attached hydrogens (tertiary/aromatic N) is 4. The van der Waals surface area contributed by atoms with Gasteiger partial charge in [0.2, 0.25) is 5.91 Å². The highest BCUT2D eigenvalue weighted by Gasteiger charge is 2.19. The lowest BCUT2D eigenvalue weighted by molar-refractivity contribution is -0.119. The van der Waals surface area contributed by atoms with E-state index in [0.717, 1.165) is 56.1 Å². The summed E-state index contributed by atoms with van der Waals surface area (Å²) in [5, 5.41) is 10.8. The van der Waals surface area contributed by atoms with Crippen LogP contribution in [0, 0.1) is 0 Å². The Morgan fingerprint density at radius 2 is 2.04 bits per heavy atom. The number of aromatic nitrogens is 2. The monoisotopic (exact) mass is 496 g/mol. The minimum Gasteiger partial charge on any atom is -0.356 e. The van der Waals surface area contributed by atoms with E-state index < -0.39 is 0 Å². The van der Waals surface area contributed by atoms with Crippen molar-refractivity contribution in [2.24, 2.45) is 4.99 Å². The SMILES string of the molecule is CN=C(NCCCn1cccn1)NCc1ccc(N2CCCCC2=O)cc1.I. The van der Waals surface area contributed by atoms with Gasteiger partial charge in [-0.3, -0.25) is 14.5 Å². The van der Waals surface area contributed by atoms with Crippen LogP contribution in [-0.4, -0.2) is 41.8 Å². The number of piperidine rings is 1. The number of carbonyl (C=O) groups excluding carboxylic acids is 1. The van der Waals surface area contributed by atoms with Crippen LogP contribution in [0.15, 0.2) is 47.7 Å². The summed E-state index contributed by atoms with van der Waals surface area (Å²) in [5.74, 6) is 1.01. The summed E-state index contributed by atoms with van der Waals surface area (Å²) < 4.78 is 1.92. The zero-order valence-electron chi connectivity index (χ0n) is 16.3. The molecule has 2 aromatic rings. The fraction of sp³-hybridized carbons (Fsp3) is 0.450. The Hall–Kier alpha value is -2.10. The number of carbonyl (C=O) groups is 1. The Morgan fingerprint density at radius 1 is 1.21 bits per heavy atom. The maximum absolute atomic E-state index is 12.0. The molecule has 1 aromatic heterocycles. The first-order chi connectivity index (χ1) is 13.3. The molecule has 1 amide bonds. The second-order valence-electron chi connectivity index (χ2n) is 6.64. The fourth-order valence-corrected chi connectivity index (χ4v) is 3.16. The van der Waals surface area contributed by atoms with Gasteiger partial charge in [0.15, 0.2) is 5.96 Å². The number of rotatable bonds is 7. The van der Waals surface area contributed by atoms with Crippen molar-refractivity contribution >= 4 is 41.5 Å². The Kier molecular flexibility index (Phi) is 9.26. The maximum atomic E-state index is 12.0. The molecule has 7 nitrogen and oxygen atoms in total. The lowest BCUT2D eigenvalue weighted by atomic mass is 10.1. The molecule has 2 heterocycles. The molecule has 1 fully saturated rings. The second kappa shape index (κ2) is 11.7. The lowest BCUT2D eigenvalue weighted by Gasteiger charge is -2.26. The molecule has 0 bridgehead atoms. The van der Waals surface area contributed by atoms with E-state index in [1.165, 1.54) is 0 Å². The molecule has 8 heteroatoms. The first kappa shape index (κ1) is 22.2. The van der Waals surface area contributed by atoms with E-state index in [2.05, 4.69) is 32.9 Å². The quantitative estimate of drug-likeness (QED) is 0.268. The first-order valence-electron chi connectivity index (χ1n) is 9.57. The Bertz CT molecular complexity index is 745. The third kappa shape index (κ3) is 6.50. The second-order valence-corrected chi connectivity index (χ2v) is 6.64. The van der Waals surface area contributed by atoms with Gasteiger partial charge in [-0.25, -0.2) is 0 Å².